The zero-order valence-electron chi connectivity index (χ0n) is 12.4. The summed E-state index contributed by atoms with van der Waals surface area (Å²) < 4.78 is 55.3. The number of nitrogens with zero attached hydrogens (tertiary/aromatic N) is 2. The molecule has 0 spiro atoms. The van der Waals surface area contributed by atoms with Gasteiger partial charge in [-0.05, 0) is 47.8 Å². The monoisotopic (exact) mass is 390 g/mol. The molecule has 23 heavy (non-hydrogen) atoms. The van der Waals surface area contributed by atoms with Crippen LogP contribution < -0.4 is 0 Å². The summed E-state index contributed by atoms with van der Waals surface area (Å²) in [6, 6.07) is 2.86. The maximum Gasteiger partial charge on any atom is 0.396 e. The zero-order valence-corrected chi connectivity index (χ0v) is 14.0. The molecule has 0 amide bonds. The number of aromatic nitrogens is 1. The van der Waals surface area contributed by atoms with E-state index >= 15 is 0 Å². The Hall–Kier alpha value is -1.37. The molecule has 0 unspecified atom stereocenters. The third-order valence-electron chi connectivity index (χ3n) is 4.29. The largest absolute Gasteiger partial charge is 0.396 e. The normalized spacial score (nSPS) is 17.3. The lowest BCUT2D eigenvalue weighted by Gasteiger charge is -2.20. The van der Waals surface area contributed by atoms with Gasteiger partial charge in [0.05, 0.1) is 15.4 Å². The van der Waals surface area contributed by atoms with E-state index in [1.54, 1.807) is 17.0 Å². The molecule has 1 saturated carbocycles. The first kappa shape index (κ1) is 16.5. The second kappa shape index (κ2) is 5.61. The van der Waals surface area contributed by atoms with Gasteiger partial charge in [0.25, 0.3) is 0 Å². The minimum absolute atomic E-state index is 0.136. The number of hydrogen-bond donors (Lipinski definition) is 0. The molecular formula is C16H15BrF4N2. The highest BCUT2D eigenvalue weighted by Gasteiger charge is 2.63. The number of aliphatic imine (C=N–C) groups is 1. The molecule has 2 aromatic rings. The maximum atomic E-state index is 13.8. The quantitative estimate of drug-likeness (QED) is 0.496. The molecule has 0 radical (unpaired) electrons. The molecule has 0 saturated heterocycles. The van der Waals surface area contributed by atoms with Gasteiger partial charge < -0.3 is 4.57 Å². The van der Waals surface area contributed by atoms with Crippen LogP contribution in [-0.2, 0) is 6.54 Å². The molecule has 7 heteroatoms. The van der Waals surface area contributed by atoms with E-state index in [-0.39, 0.29) is 23.9 Å². The maximum absolute atomic E-state index is 13.8. The van der Waals surface area contributed by atoms with Gasteiger partial charge in [-0.25, -0.2) is 4.39 Å². The van der Waals surface area contributed by atoms with Crippen LogP contribution in [0.25, 0.3) is 10.9 Å². The average Bonchev–Trinajstić information content (AvgIpc) is 3.19. The third-order valence-corrected chi connectivity index (χ3v) is 4.90. The lowest BCUT2D eigenvalue weighted by Crippen LogP contribution is -2.28. The molecule has 3 rings (SSSR count). The molecule has 1 aliphatic rings. The third kappa shape index (κ3) is 2.91. The van der Waals surface area contributed by atoms with Crippen LogP contribution in [-0.4, -0.2) is 23.5 Å². The van der Waals surface area contributed by atoms with Crippen LogP contribution >= 0.6 is 15.9 Å². The zero-order chi connectivity index (χ0) is 16.8. The Morgan fingerprint density at radius 2 is 2.04 bits per heavy atom. The standard InChI is InChI=1S/C16H15BrF4N2/c1-2-22-7-10-8-23(9-15(3-4-15)16(19,20)21)14-6-12(17)13(18)5-11(10)14/h5-8H,2-4,9H2,1H3/b22-7+. The van der Waals surface area contributed by atoms with E-state index in [0.29, 0.717) is 23.0 Å². The van der Waals surface area contributed by atoms with Gasteiger partial charge in [0, 0.05) is 36.5 Å². The van der Waals surface area contributed by atoms with Crippen molar-refractivity contribution < 1.29 is 17.6 Å². The van der Waals surface area contributed by atoms with Crippen molar-refractivity contribution in [1.82, 2.24) is 4.57 Å². The molecule has 0 aliphatic heterocycles. The Morgan fingerprint density at radius 1 is 1.35 bits per heavy atom. The number of alkyl halides is 3. The molecule has 1 aromatic carbocycles. The van der Waals surface area contributed by atoms with Gasteiger partial charge >= 0.3 is 6.18 Å². The van der Waals surface area contributed by atoms with Gasteiger partial charge in [-0.2, -0.15) is 13.2 Å². The van der Waals surface area contributed by atoms with Gasteiger partial charge in [0.2, 0.25) is 0 Å². The number of halogens is 5. The second-order valence-corrected chi connectivity index (χ2v) is 6.76. The predicted molar refractivity (Wildman–Crippen MR) is 85.5 cm³/mol. The van der Waals surface area contributed by atoms with Gasteiger partial charge in [0.15, 0.2) is 0 Å². The van der Waals surface area contributed by atoms with Crippen molar-refractivity contribution >= 4 is 33.0 Å². The van der Waals surface area contributed by atoms with Crippen molar-refractivity contribution in [2.45, 2.75) is 32.5 Å². The van der Waals surface area contributed by atoms with Crippen molar-refractivity contribution in [2.24, 2.45) is 10.4 Å². The average molecular weight is 391 g/mol. The summed E-state index contributed by atoms with van der Waals surface area (Å²) in [5, 5.41) is 0.570. The van der Waals surface area contributed by atoms with Crippen LogP contribution in [0.4, 0.5) is 17.6 Å². The fourth-order valence-corrected chi connectivity index (χ4v) is 3.07. The van der Waals surface area contributed by atoms with Gasteiger partial charge in [-0.3, -0.25) is 4.99 Å². The number of hydrogen-bond acceptors (Lipinski definition) is 1. The van der Waals surface area contributed by atoms with E-state index < -0.39 is 17.4 Å². The lowest BCUT2D eigenvalue weighted by atomic mass is 10.1. The topological polar surface area (TPSA) is 17.3 Å². The van der Waals surface area contributed by atoms with Crippen molar-refractivity contribution in [1.29, 1.82) is 0 Å². The van der Waals surface area contributed by atoms with Crippen LogP contribution in [0.1, 0.15) is 25.3 Å². The van der Waals surface area contributed by atoms with Crippen molar-refractivity contribution in [3.8, 4) is 0 Å². The Bertz CT molecular complexity index is 772. The smallest absolute Gasteiger partial charge is 0.346 e. The molecule has 124 valence electrons. The van der Waals surface area contributed by atoms with Crippen molar-refractivity contribution in [3.63, 3.8) is 0 Å². The summed E-state index contributed by atoms with van der Waals surface area (Å²) in [7, 11) is 0. The first-order valence-electron chi connectivity index (χ1n) is 7.32. The van der Waals surface area contributed by atoms with Crippen LogP contribution in [0.5, 0.6) is 0 Å². The van der Waals surface area contributed by atoms with Crippen LogP contribution in [0, 0.1) is 11.2 Å². The first-order chi connectivity index (χ1) is 10.8. The van der Waals surface area contributed by atoms with Gasteiger partial charge in [0.1, 0.15) is 5.82 Å². The fourth-order valence-electron chi connectivity index (χ4n) is 2.74. The molecule has 0 atom stereocenters. The van der Waals surface area contributed by atoms with Gasteiger partial charge in [-0.15, -0.1) is 0 Å². The molecule has 0 N–H and O–H groups in total. The molecule has 1 aromatic heterocycles. The van der Waals surface area contributed by atoms with E-state index in [1.165, 1.54) is 12.1 Å². The SMILES string of the molecule is CC/N=C/c1cn(CC2(C(F)(F)F)CC2)c2cc(Br)c(F)cc12. The van der Waals surface area contributed by atoms with E-state index in [1.807, 2.05) is 6.92 Å². The molecule has 1 aliphatic carbocycles. The molecule has 0 bridgehead atoms. The minimum atomic E-state index is -4.22. The minimum Gasteiger partial charge on any atom is -0.346 e. The van der Waals surface area contributed by atoms with E-state index in [9.17, 15) is 17.6 Å². The summed E-state index contributed by atoms with van der Waals surface area (Å²) in [6.07, 6.45) is -0.743. The second-order valence-electron chi connectivity index (χ2n) is 5.90. The van der Waals surface area contributed by atoms with Crippen molar-refractivity contribution in [3.05, 3.63) is 34.2 Å². The van der Waals surface area contributed by atoms with E-state index in [0.717, 1.165) is 0 Å². The van der Waals surface area contributed by atoms with Crippen LogP contribution in [0.2, 0.25) is 0 Å². The van der Waals surface area contributed by atoms with Crippen LogP contribution in [0.15, 0.2) is 27.8 Å². The first-order valence-corrected chi connectivity index (χ1v) is 8.11. The predicted octanol–water partition coefficient (Wildman–Crippen LogP) is 5.32. The highest BCUT2D eigenvalue weighted by Crippen LogP contribution is 2.58. The Kier molecular flexibility index (Phi) is 4.02. The van der Waals surface area contributed by atoms with Crippen LogP contribution in [0.3, 0.4) is 0 Å². The molecule has 2 nitrogen and oxygen atoms in total. The Labute approximate surface area is 139 Å². The summed E-state index contributed by atoms with van der Waals surface area (Å²) in [5.74, 6) is -0.446. The van der Waals surface area contributed by atoms with Crippen molar-refractivity contribution in [2.75, 3.05) is 6.54 Å². The van der Waals surface area contributed by atoms with E-state index in [4.69, 9.17) is 0 Å². The lowest BCUT2D eigenvalue weighted by molar-refractivity contribution is -0.190. The summed E-state index contributed by atoms with van der Waals surface area (Å²) >= 11 is 3.10. The number of benzene rings is 1. The summed E-state index contributed by atoms with van der Waals surface area (Å²) in [5.41, 5.74) is -0.448. The Balaban J connectivity index is 2.10. The summed E-state index contributed by atoms with van der Waals surface area (Å²) in [6.45, 7) is 2.26. The fraction of sp³-hybridized carbons (Fsp3) is 0.438. The van der Waals surface area contributed by atoms with Gasteiger partial charge in [-0.1, -0.05) is 0 Å². The molecule has 1 fully saturated rings. The molecule has 1 heterocycles. The molecular weight excluding hydrogens is 376 g/mol. The Morgan fingerprint density at radius 3 is 2.61 bits per heavy atom. The number of fused-ring (bicyclic) bond motifs is 1. The van der Waals surface area contributed by atoms with E-state index in [2.05, 4.69) is 20.9 Å². The highest BCUT2D eigenvalue weighted by molar-refractivity contribution is 9.10. The number of rotatable bonds is 4. The highest BCUT2D eigenvalue weighted by atomic mass is 79.9. The summed E-state index contributed by atoms with van der Waals surface area (Å²) in [4.78, 5) is 4.12.